The number of hydrogen-bond donors (Lipinski definition) is 2. The molecule has 1 aromatic rings. The zero-order valence-corrected chi connectivity index (χ0v) is 14.0. The van der Waals surface area contributed by atoms with E-state index in [0.29, 0.717) is 12.6 Å². The van der Waals surface area contributed by atoms with E-state index in [-0.39, 0.29) is 0 Å². The second-order valence-electron chi connectivity index (χ2n) is 5.65. The van der Waals surface area contributed by atoms with Gasteiger partial charge < -0.3 is 20.1 Å². The van der Waals surface area contributed by atoms with Gasteiger partial charge in [0.05, 0.1) is 14.2 Å². The van der Waals surface area contributed by atoms with Gasteiger partial charge in [-0.15, -0.1) is 0 Å². The quantitative estimate of drug-likeness (QED) is 0.600. The molecule has 2 rings (SSSR count). The maximum Gasteiger partial charge on any atom is 0.191 e. The highest BCUT2D eigenvalue weighted by Gasteiger charge is 2.36. The minimum Gasteiger partial charge on any atom is -0.493 e. The number of hydrogen-bond acceptors (Lipinski definition) is 3. The summed E-state index contributed by atoms with van der Waals surface area (Å²) in [5, 5.41) is 6.83. The van der Waals surface area contributed by atoms with Crippen LogP contribution in [0.4, 0.5) is 0 Å². The number of benzene rings is 1. The average Bonchev–Trinajstić information content (AvgIpc) is 3.29. The van der Waals surface area contributed by atoms with Gasteiger partial charge in [0.1, 0.15) is 0 Å². The van der Waals surface area contributed by atoms with Crippen molar-refractivity contribution >= 4 is 5.96 Å². The van der Waals surface area contributed by atoms with Crippen molar-refractivity contribution in [3.8, 4) is 11.5 Å². The monoisotopic (exact) mass is 305 g/mol. The van der Waals surface area contributed by atoms with Crippen LogP contribution >= 0.6 is 0 Å². The van der Waals surface area contributed by atoms with Crippen molar-refractivity contribution in [1.29, 1.82) is 0 Å². The van der Waals surface area contributed by atoms with E-state index in [4.69, 9.17) is 9.47 Å². The molecule has 1 aromatic carbocycles. The summed E-state index contributed by atoms with van der Waals surface area (Å²) < 4.78 is 10.6. The first-order valence-electron chi connectivity index (χ1n) is 7.89. The molecule has 2 N–H and O–H groups in total. The molecule has 1 aliphatic carbocycles. The van der Waals surface area contributed by atoms with Crippen LogP contribution in [-0.2, 0) is 6.54 Å². The first kappa shape index (κ1) is 16.5. The molecule has 5 nitrogen and oxygen atoms in total. The number of nitrogens with zero attached hydrogens (tertiary/aromatic N) is 1. The average molecular weight is 305 g/mol. The first-order chi connectivity index (χ1) is 10.7. The second-order valence-corrected chi connectivity index (χ2v) is 5.65. The molecule has 2 atom stereocenters. The third-order valence-corrected chi connectivity index (χ3v) is 4.04. The zero-order chi connectivity index (χ0) is 15.9. The summed E-state index contributed by atoms with van der Waals surface area (Å²) >= 11 is 0. The molecule has 5 heteroatoms. The molecule has 0 spiro atoms. The topological polar surface area (TPSA) is 54.9 Å². The number of nitrogens with one attached hydrogen (secondary N) is 2. The molecule has 0 radical (unpaired) electrons. The van der Waals surface area contributed by atoms with E-state index in [1.165, 1.54) is 19.3 Å². The van der Waals surface area contributed by atoms with E-state index < -0.39 is 0 Å². The minimum absolute atomic E-state index is 0.580. The van der Waals surface area contributed by atoms with Crippen LogP contribution in [0.5, 0.6) is 11.5 Å². The summed E-state index contributed by atoms with van der Waals surface area (Å²) in [4.78, 5) is 4.29. The number of rotatable bonds is 7. The van der Waals surface area contributed by atoms with Crippen molar-refractivity contribution in [2.45, 2.75) is 38.8 Å². The molecule has 0 amide bonds. The molecule has 0 heterocycles. The summed E-state index contributed by atoms with van der Waals surface area (Å²) in [6.07, 6.45) is 3.80. The number of ether oxygens (including phenoxy) is 2. The molecule has 1 saturated carbocycles. The van der Waals surface area contributed by atoms with Crippen molar-refractivity contribution in [2.75, 3.05) is 21.3 Å². The van der Waals surface area contributed by atoms with Crippen molar-refractivity contribution in [2.24, 2.45) is 10.9 Å². The van der Waals surface area contributed by atoms with Crippen LogP contribution < -0.4 is 20.1 Å². The van der Waals surface area contributed by atoms with Gasteiger partial charge in [-0.2, -0.15) is 0 Å². The third-order valence-electron chi connectivity index (χ3n) is 4.04. The highest BCUT2D eigenvalue weighted by molar-refractivity contribution is 5.80. The van der Waals surface area contributed by atoms with E-state index in [9.17, 15) is 0 Å². The van der Waals surface area contributed by atoms with Crippen LogP contribution in [0.2, 0.25) is 0 Å². The van der Waals surface area contributed by atoms with Gasteiger partial charge in [0.15, 0.2) is 17.5 Å². The summed E-state index contributed by atoms with van der Waals surface area (Å²) in [5.74, 6) is 3.16. The zero-order valence-electron chi connectivity index (χ0n) is 14.0. The summed E-state index contributed by atoms with van der Waals surface area (Å²) in [6.45, 7) is 2.94. The fraction of sp³-hybridized carbons (Fsp3) is 0.588. The predicted octanol–water partition coefficient (Wildman–Crippen LogP) is 2.56. The highest BCUT2D eigenvalue weighted by Crippen LogP contribution is 2.34. The van der Waals surface area contributed by atoms with Crippen LogP contribution in [0, 0.1) is 5.92 Å². The predicted molar refractivity (Wildman–Crippen MR) is 89.7 cm³/mol. The maximum atomic E-state index is 5.33. The SMILES string of the molecule is CCCC1CC1NC(=NC)NCc1ccc(OC)c(OC)c1. The Morgan fingerprint density at radius 1 is 1.27 bits per heavy atom. The molecule has 122 valence electrons. The second kappa shape index (κ2) is 7.92. The highest BCUT2D eigenvalue weighted by atomic mass is 16.5. The largest absolute Gasteiger partial charge is 0.493 e. The number of aliphatic imine (C=N–C) groups is 1. The Balaban J connectivity index is 1.86. The lowest BCUT2D eigenvalue weighted by molar-refractivity contribution is 0.354. The molecule has 22 heavy (non-hydrogen) atoms. The Morgan fingerprint density at radius 2 is 2.05 bits per heavy atom. The summed E-state index contributed by atoms with van der Waals surface area (Å²) in [5.41, 5.74) is 1.13. The Kier molecular flexibility index (Phi) is 5.92. The first-order valence-corrected chi connectivity index (χ1v) is 7.89. The van der Waals surface area contributed by atoms with Gasteiger partial charge >= 0.3 is 0 Å². The van der Waals surface area contributed by atoms with Gasteiger partial charge in [0, 0.05) is 19.6 Å². The van der Waals surface area contributed by atoms with Crippen LogP contribution in [0.3, 0.4) is 0 Å². The van der Waals surface area contributed by atoms with Crippen LogP contribution in [0.25, 0.3) is 0 Å². The lowest BCUT2D eigenvalue weighted by Crippen LogP contribution is -2.38. The Hall–Kier alpha value is -1.91. The van der Waals surface area contributed by atoms with E-state index in [2.05, 4.69) is 22.5 Å². The van der Waals surface area contributed by atoms with E-state index in [1.54, 1.807) is 21.3 Å². The molecule has 2 unspecified atom stereocenters. The van der Waals surface area contributed by atoms with Gasteiger partial charge in [-0.25, -0.2) is 0 Å². The summed E-state index contributed by atoms with van der Waals surface area (Å²) in [6, 6.07) is 6.51. The molecule has 0 saturated heterocycles. The standard InChI is InChI=1S/C17H27N3O2/c1-5-6-13-10-14(13)20-17(18-2)19-11-12-7-8-15(21-3)16(9-12)22-4/h7-9,13-14H,5-6,10-11H2,1-4H3,(H2,18,19,20). The van der Waals surface area contributed by atoms with Gasteiger partial charge in [0.2, 0.25) is 0 Å². The normalized spacial score (nSPS) is 20.5. The molecule has 1 fully saturated rings. The summed E-state index contributed by atoms with van der Waals surface area (Å²) in [7, 11) is 5.10. The molecule has 1 aliphatic rings. The molecule has 0 bridgehead atoms. The van der Waals surface area contributed by atoms with Gasteiger partial charge in [-0.1, -0.05) is 19.4 Å². The number of guanidine groups is 1. The Bertz CT molecular complexity index is 517. The van der Waals surface area contributed by atoms with Gasteiger partial charge in [0.25, 0.3) is 0 Å². The molecule has 0 aromatic heterocycles. The number of methoxy groups -OCH3 is 2. The molecular formula is C17H27N3O2. The van der Waals surface area contributed by atoms with E-state index in [1.807, 2.05) is 18.2 Å². The fourth-order valence-electron chi connectivity index (χ4n) is 2.66. The van der Waals surface area contributed by atoms with E-state index in [0.717, 1.165) is 28.9 Å². The fourth-order valence-corrected chi connectivity index (χ4v) is 2.66. The van der Waals surface area contributed by atoms with Crippen molar-refractivity contribution in [1.82, 2.24) is 10.6 Å². The van der Waals surface area contributed by atoms with Gasteiger partial charge in [-0.05, 0) is 36.5 Å². The Labute approximate surface area is 133 Å². The molecule has 0 aliphatic heterocycles. The lowest BCUT2D eigenvalue weighted by atomic mass is 10.2. The smallest absolute Gasteiger partial charge is 0.191 e. The van der Waals surface area contributed by atoms with Crippen LogP contribution in [-0.4, -0.2) is 33.3 Å². The van der Waals surface area contributed by atoms with Crippen molar-refractivity contribution < 1.29 is 9.47 Å². The van der Waals surface area contributed by atoms with E-state index >= 15 is 0 Å². The minimum atomic E-state index is 0.580. The Morgan fingerprint density at radius 3 is 2.68 bits per heavy atom. The van der Waals surface area contributed by atoms with Crippen LogP contribution in [0.15, 0.2) is 23.2 Å². The lowest BCUT2D eigenvalue weighted by Gasteiger charge is -2.13. The van der Waals surface area contributed by atoms with Crippen molar-refractivity contribution in [3.63, 3.8) is 0 Å². The van der Waals surface area contributed by atoms with Crippen molar-refractivity contribution in [3.05, 3.63) is 23.8 Å². The third kappa shape index (κ3) is 4.29. The van der Waals surface area contributed by atoms with Gasteiger partial charge in [-0.3, -0.25) is 4.99 Å². The maximum absolute atomic E-state index is 5.33. The van der Waals surface area contributed by atoms with Crippen LogP contribution in [0.1, 0.15) is 31.7 Å². The molecular weight excluding hydrogens is 278 g/mol.